The molecule has 7 nitrogen and oxygen atoms in total. The Balaban J connectivity index is 1.29. The molecule has 0 atom stereocenters. The van der Waals surface area contributed by atoms with E-state index in [1.807, 2.05) is 0 Å². The summed E-state index contributed by atoms with van der Waals surface area (Å²) < 4.78 is 10.5. The molecule has 1 heterocycles. The molecule has 25 heavy (non-hydrogen) atoms. The molecule has 0 unspecified atom stereocenters. The lowest BCUT2D eigenvalue weighted by atomic mass is 9.85. The highest BCUT2D eigenvalue weighted by molar-refractivity contribution is 5.95. The molecule has 3 aliphatic rings. The summed E-state index contributed by atoms with van der Waals surface area (Å²) in [7, 11) is 0. The molecule has 0 aromatic heterocycles. The molecule has 2 fully saturated rings. The molecule has 4 rings (SSSR count). The summed E-state index contributed by atoms with van der Waals surface area (Å²) in [6.45, 7) is 1.13. The first-order chi connectivity index (χ1) is 12.1. The van der Waals surface area contributed by atoms with Gasteiger partial charge in [0.15, 0.2) is 11.5 Å². The zero-order valence-electron chi connectivity index (χ0n) is 13.9. The Morgan fingerprint density at radius 3 is 2.68 bits per heavy atom. The van der Waals surface area contributed by atoms with Crippen molar-refractivity contribution in [1.29, 1.82) is 0 Å². The third-order valence-electron chi connectivity index (χ3n) is 5.13. The van der Waals surface area contributed by atoms with Gasteiger partial charge in [-0.2, -0.15) is 0 Å². The van der Waals surface area contributed by atoms with Crippen molar-refractivity contribution in [2.45, 2.75) is 37.8 Å². The highest BCUT2D eigenvalue weighted by Gasteiger charge is 2.37. The molecule has 2 N–H and O–H groups in total. The summed E-state index contributed by atoms with van der Waals surface area (Å²) >= 11 is 0. The van der Waals surface area contributed by atoms with Crippen LogP contribution in [-0.4, -0.2) is 53.8 Å². The number of carbonyl (C=O) groups is 2. The van der Waals surface area contributed by atoms with Crippen LogP contribution in [0.1, 0.15) is 36.0 Å². The number of amides is 1. The molecular formula is C18H22N2O5. The Hall–Kier alpha value is -2.28. The van der Waals surface area contributed by atoms with Crippen molar-refractivity contribution in [3.8, 4) is 11.5 Å². The van der Waals surface area contributed by atoms with Crippen LogP contribution < -0.4 is 14.8 Å². The van der Waals surface area contributed by atoms with Crippen LogP contribution in [0.3, 0.4) is 0 Å². The number of aliphatic carboxylic acids is 1. The van der Waals surface area contributed by atoms with Crippen LogP contribution in [0.2, 0.25) is 0 Å². The van der Waals surface area contributed by atoms with Crippen molar-refractivity contribution in [3.05, 3.63) is 23.8 Å². The Kier molecular flexibility index (Phi) is 4.25. The number of carboxylic acids is 1. The van der Waals surface area contributed by atoms with Crippen LogP contribution in [-0.2, 0) is 4.79 Å². The molecule has 1 aromatic carbocycles. The van der Waals surface area contributed by atoms with Crippen LogP contribution in [0.5, 0.6) is 11.5 Å². The average Bonchev–Trinajstić information content (AvgIpc) is 3.22. The van der Waals surface area contributed by atoms with E-state index in [0.717, 1.165) is 19.4 Å². The zero-order valence-corrected chi connectivity index (χ0v) is 13.9. The summed E-state index contributed by atoms with van der Waals surface area (Å²) in [5.74, 6) is 0.990. The second-order valence-corrected chi connectivity index (χ2v) is 7.13. The topological polar surface area (TPSA) is 88.1 Å². The first kappa shape index (κ1) is 16.2. The van der Waals surface area contributed by atoms with Crippen molar-refractivity contribution in [2.75, 3.05) is 19.9 Å². The monoisotopic (exact) mass is 346 g/mol. The maximum absolute atomic E-state index is 12.4. The number of benzene rings is 1. The minimum absolute atomic E-state index is 0.0873. The predicted molar refractivity (Wildman–Crippen MR) is 88.8 cm³/mol. The largest absolute Gasteiger partial charge is 0.480 e. The van der Waals surface area contributed by atoms with E-state index in [9.17, 15) is 9.59 Å². The van der Waals surface area contributed by atoms with Gasteiger partial charge in [0.05, 0.1) is 6.54 Å². The van der Waals surface area contributed by atoms with Crippen molar-refractivity contribution in [2.24, 2.45) is 5.92 Å². The van der Waals surface area contributed by atoms with Gasteiger partial charge < -0.3 is 19.9 Å². The Labute approximate surface area is 145 Å². The van der Waals surface area contributed by atoms with Crippen LogP contribution >= 0.6 is 0 Å². The van der Waals surface area contributed by atoms with Gasteiger partial charge in [-0.1, -0.05) is 0 Å². The molecule has 2 saturated carbocycles. The lowest BCUT2D eigenvalue weighted by molar-refractivity contribution is -0.139. The van der Waals surface area contributed by atoms with Crippen molar-refractivity contribution < 1.29 is 24.2 Å². The molecule has 1 amide bonds. The molecule has 0 spiro atoms. The number of nitrogens with zero attached hydrogens (tertiary/aromatic N) is 1. The minimum atomic E-state index is -0.784. The van der Waals surface area contributed by atoms with Gasteiger partial charge >= 0.3 is 5.97 Å². The standard InChI is InChI=1S/C18H22N2O5/c21-17(22)9-20(8-11-1-2-11)14-6-13(7-14)19-18(23)12-3-4-15-16(5-12)25-10-24-15/h3-5,11,13-14H,1-2,6-10H2,(H,19,23)(H,21,22). The summed E-state index contributed by atoms with van der Waals surface area (Å²) in [6, 6.07) is 5.50. The number of rotatable bonds is 7. The maximum Gasteiger partial charge on any atom is 0.317 e. The third kappa shape index (κ3) is 3.71. The highest BCUT2D eigenvalue weighted by atomic mass is 16.7. The maximum atomic E-state index is 12.4. The van der Waals surface area contributed by atoms with Crippen molar-refractivity contribution in [3.63, 3.8) is 0 Å². The fourth-order valence-corrected chi connectivity index (χ4v) is 3.46. The van der Waals surface area contributed by atoms with Crippen LogP contribution in [0.25, 0.3) is 0 Å². The lowest BCUT2D eigenvalue weighted by Crippen LogP contribution is -2.55. The van der Waals surface area contributed by atoms with Gasteiger partial charge in [0.1, 0.15) is 0 Å². The second-order valence-electron chi connectivity index (χ2n) is 7.13. The predicted octanol–water partition coefficient (Wildman–Crippen LogP) is 1.47. The van der Waals surface area contributed by atoms with Crippen LogP contribution in [0, 0.1) is 5.92 Å². The SMILES string of the molecule is O=C(O)CN(CC1CC1)C1CC(NC(=O)c2ccc3c(c2)OCO3)C1. The van der Waals surface area contributed by atoms with Crippen LogP contribution in [0.4, 0.5) is 0 Å². The fraction of sp³-hybridized carbons (Fsp3) is 0.556. The van der Waals surface area contributed by atoms with E-state index in [2.05, 4.69) is 10.2 Å². The molecule has 0 bridgehead atoms. The quantitative estimate of drug-likeness (QED) is 0.777. The van der Waals surface area contributed by atoms with Crippen molar-refractivity contribution in [1.82, 2.24) is 10.2 Å². The lowest BCUT2D eigenvalue weighted by Gasteiger charge is -2.42. The van der Waals surface area contributed by atoms with Gasteiger partial charge in [-0.25, -0.2) is 0 Å². The summed E-state index contributed by atoms with van der Waals surface area (Å²) in [4.78, 5) is 25.5. The number of carbonyl (C=O) groups excluding carboxylic acids is 1. The molecule has 2 aliphatic carbocycles. The van der Waals surface area contributed by atoms with Gasteiger partial charge in [-0.15, -0.1) is 0 Å². The average molecular weight is 346 g/mol. The molecule has 1 aromatic rings. The Morgan fingerprint density at radius 1 is 1.20 bits per heavy atom. The van der Waals surface area contributed by atoms with Crippen LogP contribution in [0.15, 0.2) is 18.2 Å². The normalized spacial score (nSPS) is 24.0. The van der Waals surface area contributed by atoms with Gasteiger partial charge in [-0.05, 0) is 49.8 Å². The van der Waals surface area contributed by atoms with Crippen molar-refractivity contribution >= 4 is 11.9 Å². The fourth-order valence-electron chi connectivity index (χ4n) is 3.46. The molecule has 0 radical (unpaired) electrons. The highest BCUT2D eigenvalue weighted by Crippen LogP contribution is 2.35. The summed E-state index contributed by atoms with van der Waals surface area (Å²) in [5, 5.41) is 12.1. The van der Waals surface area contributed by atoms with E-state index in [-0.39, 0.29) is 31.3 Å². The first-order valence-corrected chi connectivity index (χ1v) is 8.75. The molecule has 1 aliphatic heterocycles. The minimum Gasteiger partial charge on any atom is -0.480 e. The van der Waals surface area contributed by atoms with Gasteiger partial charge in [0, 0.05) is 24.2 Å². The third-order valence-corrected chi connectivity index (χ3v) is 5.13. The zero-order chi connectivity index (χ0) is 17.4. The van der Waals surface area contributed by atoms with E-state index in [4.69, 9.17) is 14.6 Å². The summed E-state index contributed by atoms with van der Waals surface area (Å²) in [5.41, 5.74) is 0.549. The van der Waals surface area contributed by atoms with E-state index in [1.165, 1.54) is 12.8 Å². The smallest absolute Gasteiger partial charge is 0.317 e. The Bertz CT molecular complexity index is 682. The van der Waals surface area contributed by atoms with E-state index in [1.54, 1.807) is 18.2 Å². The number of hydrogen-bond donors (Lipinski definition) is 2. The molecule has 0 saturated heterocycles. The van der Waals surface area contributed by atoms with E-state index in [0.29, 0.717) is 23.0 Å². The Morgan fingerprint density at radius 2 is 1.96 bits per heavy atom. The van der Waals surface area contributed by atoms with Gasteiger partial charge in [-0.3, -0.25) is 14.5 Å². The number of carboxylic acid groups (broad SMARTS) is 1. The van der Waals surface area contributed by atoms with Gasteiger partial charge in [0.25, 0.3) is 5.91 Å². The first-order valence-electron chi connectivity index (χ1n) is 8.75. The van der Waals surface area contributed by atoms with E-state index >= 15 is 0 Å². The number of nitrogens with one attached hydrogen (secondary N) is 1. The number of hydrogen-bond acceptors (Lipinski definition) is 5. The van der Waals surface area contributed by atoms with E-state index < -0.39 is 5.97 Å². The summed E-state index contributed by atoms with van der Waals surface area (Å²) in [6.07, 6.45) is 4.01. The molecule has 134 valence electrons. The van der Waals surface area contributed by atoms with Gasteiger partial charge in [0.2, 0.25) is 6.79 Å². The molecule has 7 heteroatoms. The second kappa shape index (κ2) is 6.55. The molecular weight excluding hydrogens is 324 g/mol. The number of fused-ring (bicyclic) bond motifs is 1. The number of ether oxygens (including phenoxy) is 2.